The zero-order valence-corrected chi connectivity index (χ0v) is 9.17. The van der Waals surface area contributed by atoms with Crippen LogP contribution in [-0.2, 0) is 0 Å². The molecule has 0 aliphatic heterocycles. The fourth-order valence-electron chi connectivity index (χ4n) is 2.34. The van der Waals surface area contributed by atoms with E-state index in [4.69, 9.17) is 5.21 Å². The van der Waals surface area contributed by atoms with Gasteiger partial charge in [0.15, 0.2) is 0 Å². The molecule has 2 aromatic rings. The molecule has 1 aliphatic carbocycles. The predicted molar refractivity (Wildman–Crippen MR) is 69.2 cm³/mol. The van der Waals surface area contributed by atoms with Gasteiger partial charge in [-0.25, -0.2) is 0 Å². The number of fused-ring (bicyclic) bond motifs is 3. The van der Waals surface area contributed by atoms with E-state index in [-0.39, 0.29) is 0 Å². The van der Waals surface area contributed by atoms with Crippen LogP contribution in [0.4, 0.5) is 0 Å². The first kappa shape index (κ1) is 9.85. The molecule has 1 aliphatic rings. The summed E-state index contributed by atoms with van der Waals surface area (Å²) >= 11 is 0. The highest BCUT2D eigenvalue weighted by Crippen LogP contribution is 2.43. The van der Waals surface area contributed by atoms with Crippen LogP contribution in [0.2, 0.25) is 0 Å². The predicted octanol–water partition coefficient (Wildman–Crippen LogP) is 3.56. The van der Waals surface area contributed by atoms with Crippen molar-refractivity contribution < 1.29 is 5.21 Å². The van der Waals surface area contributed by atoms with Gasteiger partial charge in [-0.15, -0.1) is 0 Å². The van der Waals surface area contributed by atoms with Crippen molar-refractivity contribution >= 4 is 11.8 Å². The summed E-state index contributed by atoms with van der Waals surface area (Å²) in [6.45, 7) is 0. The van der Waals surface area contributed by atoms with Crippen molar-refractivity contribution in [2.75, 3.05) is 0 Å². The maximum absolute atomic E-state index is 8.55. The van der Waals surface area contributed by atoms with Crippen molar-refractivity contribution in [3.05, 3.63) is 65.7 Å². The Kier molecular flexibility index (Phi) is 2.26. The molecule has 0 unspecified atom stereocenters. The third kappa shape index (κ3) is 1.46. The maximum Gasteiger partial charge on any atom is 0.0667 e. The molecule has 17 heavy (non-hydrogen) atoms. The fourth-order valence-corrected chi connectivity index (χ4v) is 2.34. The topological polar surface area (TPSA) is 32.6 Å². The molecule has 1 N–H and O–H groups in total. The Bertz CT molecular complexity index is 579. The molecule has 0 bridgehead atoms. The van der Waals surface area contributed by atoms with Crippen molar-refractivity contribution in [1.82, 2.24) is 0 Å². The van der Waals surface area contributed by atoms with Gasteiger partial charge in [-0.3, -0.25) is 0 Å². The summed E-state index contributed by atoms with van der Waals surface area (Å²) < 4.78 is 0. The number of allylic oxidation sites excluding steroid dienone is 1. The molecule has 2 heteroatoms. The van der Waals surface area contributed by atoms with Gasteiger partial charge in [0, 0.05) is 0 Å². The van der Waals surface area contributed by atoms with Crippen LogP contribution < -0.4 is 0 Å². The van der Waals surface area contributed by atoms with Gasteiger partial charge < -0.3 is 5.21 Å². The van der Waals surface area contributed by atoms with Crippen molar-refractivity contribution in [2.45, 2.75) is 0 Å². The lowest BCUT2D eigenvalue weighted by molar-refractivity contribution is 0.322. The van der Waals surface area contributed by atoms with E-state index in [1.807, 2.05) is 30.3 Å². The highest BCUT2D eigenvalue weighted by atomic mass is 16.4. The Morgan fingerprint density at radius 3 is 1.71 bits per heavy atom. The summed E-state index contributed by atoms with van der Waals surface area (Å²) in [5.74, 6) is 0. The maximum atomic E-state index is 8.55. The smallest absolute Gasteiger partial charge is 0.0667 e. The van der Waals surface area contributed by atoms with Crippen molar-refractivity contribution in [1.29, 1.82) is 0 Å². The molecule has 0 heterocycles. The SMILES string of the molecule is ON=CC=C1c2ccccc2-c2ccccc21. The van der Waals surface area contributed by atoms with Crippen LogP contribution in [-0.4, -0.2) is 11.4 Å². The second-order valence-electron chi connectivity index (χ2n) is 3.94. The first-order chi connectivity index (χ1) is 8.42. The fraction of sp³-hybridized carbons (Fsp3) is 0. The van der Waals surface area contributed by atoms with Gasteiger partial charge in [-0.05, 0) is 33.9 Å². The minimum atomic E-state index is 1.11. The Morgan fingerprint density at radius 1 is 0.765 bits per heavy atom. The number of nitrogens with zero attached hydrogens (tertiary/aromatic N) is 1. The lowest BCUT2D eigenvalue weighted by Gasteiger charge is -1.99. The average molecular weight is 221 g/mol. The van der Waals surface area contributed by atoms with E-state index in [0.29, 0.717) is 0 Å². The highest BCUT2D eigenvalue weighted by Gasteiger charge is 2.21. The highest BCUT2D eigenvalue weighted by molar-refractivity contribution is 6.04. The summed E-state index contributed by atoms with van der Waals surface area (Å²) in [4.78, 5) is 0. The largest absolute Gasteiger partial charge is 0.411 e. The summed E-state index contributed by atoms with van der Waals surface area (Å²) in [5, 5.41) is 11.6. The van der Waals surface area contributed by atoms with Gasteiger partial charge in [-0.2, -0.15) is 0 Å². The third-order valence-corrected chi connectivity index (χ3v) is 3.03. The molecule has 3 rings (SSSR count). The molecule has 0 saturated heterocycles. The summed E-state index contributed by atoms with van der Waals surface area (Å²) in [6, 6.07) is 16.5. The van der Waals surface area contributed by atoms with Crippen LogP contribution in [0, 0.1) is 0 Å². The number of hydrogen-bond donors (Lipinski definition) is 1. The van der Waals surface area contributed by atoms with E-state index in [2.05, 4.69) is 29.4 Å². The van der Waals surface area contributed by atoms with Crippen LogP contribution in [0.5, 0.6) is 0 Å². The van der Waals surface area contributed by atoms with Crippen molar-refractivity contribution in [3.63, 3.8) is 0 Å². The first-order valence-electron chi connectivity index (χ1n) is 5.48. The normalized spacial score (nSPS) is 12.6. The molecule has 2 nitrogen and oxygen atoms in total. The van der Waals surface area contributed by atoms with Crippen LogP contribution in [0.1, 0.15) is 11.1 Å². The van der Waals surface area contributed by atoms with Gasteiger partial charge in [0.05, 0.1) is 6.21 Å². The molecule has 0 fully saturated rings. The first-order valence-corrected chi connectivity index (χ1v) is 5.48. The number of rotatable bonds is 1. The lowest BCUT2D eigenvalue weighted by Crippen LogP contribution is -1.81. The molecule has 2 aromatic carbocycles. The van der Waals surface area contributed by atoms with Crippen LogP contribution in [0.25, 0.3) is 16.7 Å². The third-order valence-electron chi connectivity index (χ3n) is 3.03. The van der Waals surface area contributed by atoms with E-state index in [1.54, 1.807) is 0 Å². The molecule has 0 aromatic heterocycles. The number of hydrogen-bond acceptors (Lipinski definition) is 2. The van der Waals surface area contributed by atoms with Gasteiger partial charge in [-0.1, -0.05) is 53.7 Å². The Hall–Kier alpha value is -2.35. The van der Waals surface area contributed by atoms with E-state index < -0.39 is 0 Å². The summed E-state index contributed by atoms with van der Waals surface area (Å²) in [6.07, 6.45) is 3.25. The molecule has 0 amide bonds. The van der Waals surface area contributed by atoms with Crippen LogP contribution in [0.15, 0.2) is 59.8 Å². The van der Waals surface area contributed by atoms with Crippen LogP contribution in [0.3, 0.4) is 0 Å². The van der Waals surface area contributed by atoms with Crippen LogP contribution >= 0.6 is 0 Å². The van der Waals surface area contributed by atoms with E-state index >= 15 is 0 Å². The number of benzene rings is 2. The average Bonchev–Trinajstić information content (AvgIpc) is 2.71. The summed E-state index contributed by atoms with van der Waals surface area (Å²) in [5.41, 5.74) is 5.96. The van der Waals surface area contributed by atoms with E-state index in [9.17, 15) is 0 Å². The minimum Gasteiger partial charge on any atom is -0.411 e. The zero-order valence-electron chi connectivity index (χ0n) is 9.17. The molecular formula is C15H11NO. The van der Waals surface area contributed by atoms with E-state index in [0.717, 1.165) is 5.57 Å². The van der Waals surface area contributed by atoms with Gasteiger partial charge in [0.1, 0.15) is 0 Å². The Labute approximate surface area is 99.5 Å². The van der Waals surface area contributed by atoms with Gasteiger partial charge >= 0.3 is 0 Å². The molecular weight excluding hydrogens is 210 g/mol. The standard InChI is InChI=1S/C15H11NO/c17-16-10-9-15-13-7-3-1-5-11(13)12-6-2-4-8-14(12)15/h1-10,17H. The molecule has 0 atom stereocenters. The van der Waals surface area contributed by atoms with Crippen molar-refractivity contribution in [3.8, 4) is 11.1 Å². The lowest BCUT2D eigenvalue weighted by atomic mass is 10.0. The van der Waals surface area contributed by atoms with Gasteiger partial charge in [0.25, 0.3) is 0 Å². The second kappa shape index (κ2) is 3.91. The minimum absolute atomic E-state index is 1.11. The zero-order chi connectivity index (χ0) is 11.7. The Morgan fingerprint density at radius 2 is 1.24 bits per heavy atom. The monoisotopic (exact) mass is 221 g/mol. The molecule has 0 saturated carbocycles. The van der Waals surface area contributed by atoms with Gasteiger partial charge in [0.2, 0.25) is 0 Å². The van der Waals surface area contributed by atoms with Crippen molar-refractivity contribution in [2.24, 2.45) is 5.16 Å². The van der Waals surface area contributed by atoms with E-state index in [1.165, 1.54) is 28.5 Å². The Balaban J connectivity index is 2.31. The summed E-state index contributed by atoms with van der Waals surface area (Å²) in [7, 11) is 0. The molecule has 0 spiro atoms. The quantitative estimate of drug-likeness (QED) is 0.380. The second-order valence-corrected chi connectivity index (χ2v) is 3.94. The molecule has 82 valence electrons. The molecule has 0 radical (unpaired) electrons. The number of oxime groups is 1.